The van der Waals surface area contributed by atoms with Crippen molar-refractivity contribution in [3.05, 3.63) is 85.1 Å². The summed E-state index contributed by atoms with van der Waals surface area (Å²) in [6.45, 7) is 2.58. The molecule has 5 unspecified atom stereocenters. The molecule has 16 nitrogen and oxygen atoms in total. The van der Waals surface area contributed by atoms with Crippen molar-refractivity contribution in [1.82, 2.24) is 0 Å². The molecule has 0 aliphatic rings. The lowest BCUT2D eigenvalue weighted by Gasteiger charge is -2.21. The van der Waals surface area contributed by atoms with Gasteiger partial charge in [0.2, 0.25) is 0 Å². The van der Waals surface area contributed by atoms with Crippen molar-refractivity contribution in [2.75, 3.05) is 39.6 Å². The van der Waals surface area contributed by atoms with E-state index < -0.39 is 91.5 Å². The summed E-state index contributed by atoms with van der Waals surface area (Å²) in [4.78, 5) is 58.6. The average Bonchev–Trinajstić information content (AvgIpc) is 1.11. The molecule has 576 valence electrons. The molecule has 0 bridgehead atoms. The van der Waals surface area contributed by atoms with E-state index >= 15 is 0 Å². The van der Waals surface area contributed by atoms with E-state index in [0.29, 0.717) is 19.3 Å². The quantitative estimate of drug-likeness (QED) is 0.0146. The predicted molar refractivity (Wildman–Crippen MR) is 408 cm³/mol. The van der Waals surface area contributed by atoms with Crippen molar-refractivity contribution in [2.45, 2.75) is 373 Å². The fraction of sp³-hybridized carbons (Fsp3) is 0.790. The lowest BCUT2D eigenvalue weighted by Crippen LogP contribution is -2.30. The summed E-state index contributed by atoms with van der Waals surface area (Å²) in [6, 6.07) is 0. The van der Waals surface area contributed by atoms with Gasteiger partial charge in [-0.2, -0.15) is 0 Å². The van der Waals surface area contributed by atoms with Crippen molar-refractivity contribution in [2.24, 2.45) is 0 Å². The van der Waals surface area contributed by atoms with Gasteiger partial charge in [0.1, 0.15) is 25.4 Å². The van der Waals surface area contributed by atoms with E-state index in [-0.39, 0.29) is 19.3 Å². The Hall–Kier alpha value is -3.27. The van der Waals surface area contributed by atoms with Gasteiger partial charge < -0.3 is 34.2 Å². The first-order chi connectivity index (χ1) is 48.2. The zero-order valence-electron chi connectivity index (χ0n) is 62.9. The maximum atomic E-state index is 13.0. The number of carbonyl (C=O) groups is 3. The molecule has 0 aromatic carbocycles. The molecular formula is C81H146O16P2. The third-order valence-electron chi connectivity index (χ3n) is 17.1. The van der Waals surface area contributed by atoms with Crippen LogP contribution in [0.25, 0.3) is 0 Å². The fourth-order valence-corrected chi connectivity index (χ4v) is 12.6. The number of unbranched alkanes of at least 4 members (excludes halogenated alkanes) is 39. The summed E-state index contributed by atoms with van der Waals surface area (Å²) in [6.07, 6.45) is 83.5. The number of ether oxygens (including phenoxy) is 3. The molecular weight excluding hydrogens is 1290 g/mol. The summed E-state index contributed by atoms with van der Waals surface area (Å²) in [5.74, 6) is -1.57. The van der Waals surface area contributed by atoms with E-state index in [1.54, 1.807) is 0 Å². The molecule has 0 aromatic heterocycles. The van der Waals surface area contributed by atoms with Gasteiger partial charge in [0, 0.05) is 19.3 Å². The lowest BCUT2D eigenvalue weighted by atomic mass is 10.0. The third kappa shape index (κ3) is 75.7. The Balaban J connectivity index is 4.43. The Morgan fingerprint density at radius 2 is 0.535 bits per heavy atom. The van der Waals surface area contributed by atoms with Crippen LogP contribution in [-0.4, -0.2) is 95.9 Å². The van der Waals surface area contributed by atoms with Crippen LogP contribution < -0.4 is 0 Å². The summed E-state index contributed by atoms with van der Waals surface area (Å²) in [7, 11) is -9.78. The molecule has 0 saturated heterocycles. The van der Waals surface area contributed by atoms with Gasteiger partial charge >= 0.3 is 33.6 Å². The number of rotatable bonds is 76. The zero-order valence-corrected chi connectivity index (χ0v) is 64.7. The minimum atomic E-state index is -4.93. The topological polar surface area (TPSA) is 231 Å². The number of carbonyl (C=O) groups excluding carboxylic acids is 3. The minimum absolute atomic E-state index is 0.107. The van der Waals surface area contributed by atoms with Crippen molar-refractivity contribution in [3.8, 4) is 0 Å². The van der Waals surface area contributed by atoms with Gasteiger partial charge in [0.25, 0.3) is 0 Å². The first-order valence-electron chi connectivity index (χ1n) is 39.9. The number of aliphatic hydroxyl groups is 2. The second-order valence-corrected chi connectivity index (χ2v) is 29.8. The number of hydrogen-bond acceptors (Lipinski definition) is 14. The van der Waals surface area contributed by atoms with Crippen molar-refractivity contribution >= 4 is 33.6 Å². The normalized spacial score (nSPS) is 14.5. The molecule has 0 radical (unpaired) electrons. The second kappa shape index (κ2) is 74.4. The van der Waals surface area contributed by atoms with E-state index in [1.165, 1.54) is 167 Å². The van der Waals surface area contributed by atoms with E-state index in [1.807, 2.05) is 0 Å². The number of phosphoric ester groups is 2. The van der Waals surface area contributed by atoms with E-state index in [9.17, 15) is 43.5 Å². The molecule has 5 atom stereocenters. The van der Waals surface area contributed by atoms with Gasteiger partial charge in [0.05, 0.1) is 26.4 Å². The van der Waals surface area contributed by atoms with Crippen LogP contribution in [-0.2, 0) is 55.8 Å². The summed E-state index contributed by atoms with van der Waals surface area (Å²) < 4.78 is 61.1. The molecule has 99 heavy (non-hydrogen) atoms. The monoisotopic (exact) mass is 1440 g/mol. The van der Waals surface area contributed by atoms with Crippen LogP contribution in [0.5, 0.6) is 0 Å². The van der Waals surface area contributed by atoms with Crippen LogP contribution in [0.2, 0.25) is 0 Å². The number of phosphoric acid groups is 2. The number of esters is 3. The van der Waals surface area contributed by atoms with Crippen LogP contribution in [0.15, 0.2) is 85.1 Å². The van der Waals surface area contributed by atoms with Crippen LogP contribution >= 0.6 is 15.6 Å². The Kier molecular flexibility index (Phi) is 72.0. The van der Waals surface area contributed by atoms with Gasteiger partial charge in [-0.25, -0.2) is 9.13 Å². The molecule has 0 heterocycles. The number of allylic oxidation sites excluding steroid dienone is 14. The molecule has 0 aliphatic carbocycles. The van der Waals surface area contributed by atoms with Crippen LogP contribution in [0, 0.1) is 0 Å². The standard InChI is InChI=1S/C81H146O16P2/c1-4-7-10-13-16-19-22-25-28-30-31-32-33-34-35-36-37-38-39-40-41-42-43-45-48-49-52-55-58-61-64-67-79(84)91-70-76(82)71-93-98(87,88)94-72-77(83)73-95-99(89,90)96-75-78(97-81(86)69-66-63-60-57-54-51-46-27-24-21-18-15-12-9-6-3)74-92-80(85)68-65-62-59-56-53-50-47-44-29-26-23-20-17-14-11-8-5-2/h8,11,16-17,19-20,25-26,28-29,31-32,34-35,76-78,82-83H,4-7,9-10,12-15,18,21-24,27,30,33,36-75H2,1-3H3,(H,87,88)(H,89,90)/b11-8-,19-16-,20-17-,28-25-,29-26-,32-31-,35-34-. The minimum Gasteiger partial charge on any atom is -0.463 e. The molecule has 18 heteroatoms. The predicted octanol–water partition coefficient (Wildman–Crippen LogP) is 23.2. The van der Waals surface area contributed by atoms with Crippen LogP contribution in [0.4, 0.5) is 0 Å². The molecule has 0 spiro atoms. The Bertz CT molecular complexity index is 2140. The Morgan fingerprint density at radius 1 is 0.293 bits per heavy atom. The van der Waals surface area contributed by atoms with Gasteiger partial charge in [0.15, 0.2) is 6.10 Å². The third-order valence-corrected chi connectivity index (χ3v) is 19.0. The largest absolute Gasteiger partial charge is 0.472 e. The van der Waals surface area contributed by atoms with Crippen LogP contribution in [0.3, 0.4) is 0 Å². The number of hydrogen-bond donors (Lipinski definition) is 4. The maximum absolute atomic E-state index is 13.0. The maximum Gasteiger partial charge on any atom is 0.472 e. The Morgan fingerprint density at radius 3 is 0.869 bits per heavy atom. The SMILES string of the molecule is CC/C=C\C/C=C\C/C=C\CCCCCCCCCC(=O)OCC(COP(=O)(O)OCC(O)COP(=O)(O)OCC(O)COC(=O)CCCCCCCCCCCCCCCCC/C=C\C/C=C\C/C=C\C/C=C\CCCCC)OC(=O)CCCCCCCCCCCCCCCCC. The van der Waals surface area contributed by atoms with Crippen molar-refractivity contribution < 1.29 is 75.8 Å². The molecule has 0 fully saturated rings. The highest BCUT2D eigenvalue weighted by atomic mass is 31.2. The molecule has 4 N–H and O–H groups in total. The second-order valence-electron chi connectivity index (χ2n) is 26.8. The molecule has 0 amide bonds. The highest BCUT2D eigenvalue weighted by molar-refractivity contribution is 7.47. The van der Waals surface area contributed by atoms with Crippen LogP contribution in [0.1, 0.15) is 355 Å². The smallest absolute Gasteiger partial charge is 0.463 e. The van der Waals surface area contributed by atoms with Gasteiger partial charge in [-0.3, -0.25) is 32.5 Å². The highest BCUT2D eigenvalue weighted by Crippen LogP contribution is 2.45. The summed E-state index contributed by atoms with van der Waals surface area (Å²) in [5.41, 5.74) is 0. The molecule has 0 aromatic rings. The van der Waals surface area contributed by atoms with Crippen molar-refractivity contribution in [3.63, 3.8) is 0 Å². The van der Waals surface area contributed by atoms with E-state index in [0.717, 1.165) is 128 Å². The van der Waals surface area contributed by atoms with E-state index in [2.05, 4.69) is 106 Å². The summed E-state index contributed by atoms with van der Waals surface area (Å²) in [5, 5.41) is 20.6. The van der Waals surface area contributed by atoms with Gasteiger partial charge in [-0.15, -0.1) is 0 Å². The average molecular weight is 1440 g/mol. The summed E-state index contributed by atoms with van der Waals surface area (Å²) >= 11 is 0. The van der Waals surface area contributed by atoms with E-state index in [4.69, 9.17) is 32.3 Å². The molecule has 0 saturated carbocycles. The lowest BCUT2D eigenvalue weighted by molar-refractivity contribution is -0.161. The first kappa shape index (κ1) is 95.7. The zero-order chi connectivity index (χ0) is 72.3. The number of aliphatic hydroxyl groups excluding tert-OH is 2. The van der Waals surface area contributed by atoms with Gasteiger partial charge in [-0.05, 0) is 96.3 Å². The Labute approximate surface area is 604 Å². The fourth-order valence-electron chi connectivity index (χ4n) is 11.0. The molecule has 0 aliphatic heterocycles. The molecule has 0 rings (SSSR count). The van der Waals surface area contributed by atoms with Crippen molar-refractivity contribution in [1.29, 1.82) is 0 Å². The van der Waals surface area contributed by atoms with Gasteiger partial charge in [-0.1, -0.05) is 324 Å². The highest BCUT2D eigenvalue weighted by Gasteiger charge is 2.29. The first-order valence-corrected chi connectivity index (χ1v) is 42.9.